The summed E-state index contributed by atoms with van der Waals surface area (Å²) in [5.41, 5.74) is 3.88. The molecule has 1 aliphatic heterocycles. The smallest absolute Gasteiger partial charge is 0.262 e. The summed E-state index contributed by atoms with van der Waals surface area (Å²) in [7, 11) is 0. The summed E-state index contributed by atoms with van der Waals surface area (Å²) in [6, 6.07) is 18.5. The number of anilines is 2. The first-order chi connectivity index (χ1) is 13.7. The second-order valence-electron chi connectivity index (χ2n) is 7.38. The Balaban J connectivity index is 1.36. The van der Waals surface area contributed by atoms with Crippen LogP contribution in [0.1, 0.15) is 33.8 Å². The zero-order valence-corrected chi connectivity index (χ0v) is 15.3. The molecule has 4 nitrogen and oxygen atoms in total. The minimum atomic E-state index is -0.225. The molecule has 5 heteroatoms. The molecule has 3 aromatic rings. The molecule has 1 aromatic heterocycles. The summed E-state index contributed by atoms with van der Waals surface area (Å²) in [4.78, 5) is 19.5. The van der Waals surface area contributed by atoms with E-state index in [0.717, 1.165) is 24.1 Å². The summed E-state index contributed by atoms with van der Waals surface area (Å²) in [6.07, 6.45) is 3.52. The van der Waals surface area contributed by atoms with Gasteiger partial charge in [0.2, 0.25) is 0 Å². The van der Waals surface area contributed by atoms with Crippen LogP contribution in [0.4, 0.5) is 15.9 Å². The third kappa shape index (κ3) is 3.03. The van der Waals surface area contributed by atoms with Crippen molar-refractivity contribution in [2.24, 2.45) is 0 Å². The Kier molecular flexibility index (Phi) is 4.08. The maximum Gasteiger partial charge on any atom is 0.262 e. The number of fused-ring (bicyclic) bond motifs is 1. The van der Waals surface area contributed by atoms with Crippen LogP contribution in [0, 0.1) is 5.82 Å². The minimum absolute atomic E-state index is 0.0282. The van der Waals surface area contributed by atoms with Crippen LogP contribution in [-0.2, 0) is 6.42 Å². The van der Waals surface area contributed by atoms with Gasteiger partial charge in [-0.3, -0.25) is 4.79 Å². The molecular formula is C23H20FN3O. The third-order valence-electron chi connectivity index (χ3n) is 5.58. The Morgan fingerprint density at radius 3 is 2.75 bits per heavy atom. The molecule has 2 atom stereocenters. The van der Waals surface area contributed by atoms with Crippen LogP contribution in [0.3, 0.4) is 0 Å². The molecular weight excluding hydrogens is 353 g/mol. The number of rotatable bonds is 4. The van der Waals surface area contributed by atoms with Crippen molar-refractivity contribution in [1.29, 1.82) is 0 Å². The van der Waals surface area contributed by atoms with Crippen LogP contribution < -0.4 is 10.2 Å². The van der Waals surface area contributed by atoms with E-state index in [4.69, 9.17) is 0 Å². The largest absolute Gasteiger partial charge is 0.366 e. The molecule has 1 N–H and O–H groups in total. The fraction of sp³-hybridized carbons (Fsp3) is 0.217. The van der Waals surface area contributed by atoms with Crippen LogP contribution in [0.5, 0.6) is 0 Å². The van der Waals surface area contributed by atoms with E-state index < -0.39 is 0 Å². The van der Waals surface area contributed by atoms with Crippen molar-refractivity contribution >= 4 is 17.4 Å². The van der Waals surface area contributed by atoms with Gasteiger partial charge in [0.1, 0.15) is 11.6 Å². The number of nitrogens with zero attached hydrogens (tertiary/aromatic N) is 2. The Bertz CT molecular complexity index is 1030. The number of pyridine rings is 1. The maximum absolute atomic E-state index is 13.2. The molecule has 1 aliphatic carbocycles. The van der Waals surface area contributed by atoms with Gasteiger partial charge in [-0.2, -0.15) is 0 Å². The van der Waals surface area contributed by atoms with Crippen LogP contribution in [0.2, 0.25) is 0 Å². The first kappa shape index (κ1) is 16.9. The van der Waals surface area contributed by atoms with Crippen LogP contribution in [0.15, 0.2) is 66.9 Å². The lowest BCUT2D eigenvalue weighted by Gasteiger charge is -2.19. The van der Waals surface area contributed by atoms with E-state index in [-0.39, 0.29) is 17.8 Å². The SMILES string of the molecule is O=C(c1cccnc1N[C@@H]1C[C@H]1c1ccc(F)cc1)N1CCc2ccccc21. The normalized spacial score (nSPS) is 20.0. The Morgan fingerprint density at radius 2 is 1.89 bits per heavy atom. The summed E-state index contributed by atoms with van der Waals surface area (Å²) in [5, 5.41) is 3.42. The average molecular weight is 373 g/mol. The summed E-state index contributed by atoms with van der Waals surface area (Å²) < 4.78 is 13.1. The van der Waals surface area contributed by atoms with E-state index in [2.05, 4.69) is 16.4 Å². The van der Waals surface area contributed by atoms with Crippen molar-refractivity contribution < 1.29 is 9.18 Å². The molecule has 2 aromatic carbocycles. The Hall–Kier alpha value is -3.21. The van der Waals surface area contributed by atoms with Gasteiger partial charge in [-0.1, -0.05) is 30.3 Å². The van der Waals surface area contributed by atoms with Gasteiger partial charge in [0, 0.05) is 30.4 Å². The van der Waals surface area contributed by atoms with Crippen LogP contribution in [-0.4, -0.2) is 23.5 Å². The number of carbonyl (C=O) groups excluding carboxylic acids is 1. The predicted octanol–water partition coefficient (Wildman–Crippen LogP) is 4.39. The molecule has 0 radical (unpaired) electrons. The lowest BCUT2D eigenvalue weighted by Crippen LogP contribution is -2.30. The van der Waals surface area contributed by atoms with Gasteiger partial charge in [-0.25, -0.2) is 9.37 Å². The monoisotopic (exact) mass is 373 g/mol. The van der Waals surface area contributed by atoms with Crippen LogP contribution in [0.25, 0.3) is 0 Å². The van der Waals surface area contributed by atoms with Crippen molar-refractivity contribution in [3.8, 4) is 0 Å². The van der Waals surface area contributed by atoms with E-state index in [9.17, 15) is 9.18 Å². The highest BCUT2D eigenvalue weighted by atomic mass is 19.1. The number of halogens is 1. The van der Waals surface area contributed by atoms with Crippen molar-refractivity contribution in [1.82, 2.24) is 4.98 Å². The summed E-state index contributed by atoms with van der Waals surface area (Å²) >= 11 is 0. The van der Waals surface area contributed by atoms with Gasteiger partial charge >= 0.3 is 0 Å². The topological polar surface area (TPSA) is 45.2 Å². The maximum atomic E-state index is 13.2. The van der Waals surface area contributed by atoms with Gasteiger partial charge in [0.05, 0.1) is 5.56 Å². The van der Waals surface area contributed by atoms with E-state index in [1.165, 1.54) is 17.7 Å². The van der Waals surface area contributed by atoms with Gasteiger partial charge in [-0.05, 0) is 54.3 Å². The van der Waals surface area contributed by atoms with E-state index in [1.807, 2.05) is 41.3 Å². The number of nitrogens with one attached hydrogen (secondary N) is 1. The lowest BCUT2D eigenvalue weighted by atomic mass is 10.1. The lowest BCUT2D eigenvalue weighted by molar-refractivity contribution is 0.0990. The van der Waals surface area contributed by atoms with Crippen molar-refractivity contribution in [2.45, 2.75) is 24.8 Å². The Morgan fingerprint density at radius 1 is 1.07 bits per heavy atom. The molecule has 0 spiro atoms. The quantitative estimate of drug-likeness (QED) is 0.738. The van der Waals surface area contributed by atoms with Crippen molar-refractivity contribution in [2.75, 3.05) is 16.8 Å². The highest BCUT2D eigenvalue weighted by Gasteiger charge is 2.39. The number of aromatic nitrogens is 1. The molecule has 0 saturated heterocycles. The Labute approximate surface area is 163 Å². The zero-order valence-electron chi connectivity index (χ0n) is 15.3. The first-order valence-corrected chi connectivity index (χ1v) is 9.57. The highest BCUT2D eigenvalue weighted by molar-refractivity contribution is 6.10. The molecule has 140 valence electrons. The van der Waals surface area contributed by atoms with Gasteiger partial charge in [-0.15, -0.1) is 0 Å². The second kappa shape index (κ2) is 6.75. The second-order valence-corrected chi connectivity index (χ2v) is 7.38. The number of hydrogen-bond acceptors (Lipinski definition) is 3. The predicted molar refractivity (Wildman–Crippen MR) is 107 cm³/mol. The molecule has 1 fully saturated rings. The van der Waals surface area contributed by atoms with Gasteiger partial charge in [0.15, 0.2) is 0 Å². The van der Waals surface area contributed by atoms with E-state index >= 15 is 0 Å². The molecule has 2 heterocycles. The first-order valence-electron chi connectivity index (χ1n) is 9.57. The number of benzene rings is 2. The van der Waals surface area contributed by atoms with E-state index in [1.54, 1.807) is 12.3 Å². The van der Waals surface area contributed by atoms with Gasteiger partial charge in [0.25, 0.3) is 5.91 Å². The number of hydrogen-bond donors (Lipinski definition) is 1. The molecule has 0 unspecified atom stereocenters. The fourth-order valence-electron chi connectivity index (χ4n) is 4.00. The minimum Gasteiger partial charge on any atom is -0.366 e. The molecule has 28 heavy (non-hydrogen) atoms. The molecule has 5 rings (SSSR count). The summed E-state index contributed by atoms with van der Waals surface area (Å²) in [5.74, 6) is 0.682. The van der Waals surface area contributed by atoms with Gasteiger partial charge < -0.3 is 10.2 Å². The fourth-order valence-corrected chi connectivity index (χ4v) is 4.00. The third-order valence-corrected chi connectivity index (χ3v) is 5.58. The standard InChI is InChI=1S/C23H20FN3O/c24-17-9-7-15(8-10-17)19-14-20(19)26-22-18(5-3-12-25-22)23(28)27-13-11-16-4-1-2-6-21(16)27/h1-10,12,19-20H,11,13-14H2,(H,25,26)/t19-,20+/m0/s1. The van der Waals surface area contributed by atoms with Crippen LogP contribution >= 0.6 is 0 Å². The van der Waals surface area contributed by atoms with Crippen molar-refractivity contribution in [3.63, 3.8) is 0 Å². The van der Waals surface area contributed by atoms with Crippen molar-refractivity contribution in [3.05, 3.63) is 89.4 Å². The molecule has 1 saturated carbocycles. The molecule has 0 bridgehead atoms. The molecule has 2 aliphatic rings. The highest BCUT2D eigenvalue weighted by Crippen LogP contribution is 2.43. The number of amides is 1. The average Bonchev–Trinajstić information content (AvgIpc) is 3.35. The molecule has 1 amide bonds. The zero-order chi connectivity index (χ0) is 19.1. The number of para-hydroxylation sites is 1. The summed E-state index contributed by atoms with van der Waals surface area (Å²) in [6.45, 7) is 0.689. The number of carbonyl (C=O) groups is 1. The van der Waals surface area contributed by atoms with E-state index in [0.29, 0.717) is 23.8 Å².